The van der Waals surface area contributed by atoms with E-state index in [1.54, 1.807) is 0 Å². The van der Waals surface area contributed by atoms with Crippen molar-refractivity contribution in [3.63, 3.8) is 0 Å². The average Bonchev–Trinajstić information content (AvgIpc) is 3.72. The fourth-order valence-corrected chi connectivity index (χ4v) is 4.41. The van der Waals surface area contributed by atoms with E-state index in [9.17, 15) is 0 Å². The monoisotopic (exact) mass is 484 g/mol. The maximum Gasteiger partial charge on any atom is 0.125 e. The molecule has 2 saturated heterocycles. The van der Waals surface area contributed by atoms with Gasteiger partial charge in [-0.15, -0.1) is 0 Å². The van der Waals surface area contributed by atoms with E-state index in [0.717, 1.165) is 47.0 Å². The van der Waals surface area contributed by atoms with Crippen LogP contribution in [-0.2, 0) is 24.4 Å². The zero-order chi connectivity index (χ0) is 25.0. The Bertz CT molecular complexity index is 881. The molecule has 2 aliphatic rings. The molecule has 6 heteroatoms. The highest BCUT2D eigenvalue weighted by molar-refractivity contribution is 5.52. The van der Waals surface area contributed by atoms with Crippen molar-refractivity contribution in [2.75, 3.05) is 52.9 Å². The van der Waals surface area contributed by atoms with Gasteiger partial charge in [0, 0.05) is 5.41 Å². The quantitative estimate of drug-likeness (QED) is 0.283. The van der Waals surface area contributed by atoms with Gasteiger partial charge >= 0.3 is 0 Å². The normalized spacial score (nSPS) is 19.0. The first-order chi connectivity index (χ1) is 16.8. The molecule has 0 spiro atoms. The lowest BCUT2D eigenvalue weighted by atomic mass is 9.76. The van der Waals surface area contributed by atoms with Gasteiger partial charge in [-0.3, -0.25) is 0 Å². The van der Waals surface area contributed by atoms with Gasteiger partial charge in [0.25, 0.3) is 0 Å². The highest BCUT2D eigenvalue weighted by atomic mass is 16.6. The number of benzene rings is 2. The van der Waals surface area contributed by atoms with Crippen LogP contribution in [0.5, 0.6) is 11.5 Å². The molecular weight excluding hydrogens is 444 g/mol. The predicted octanol–water partition coefficient (Wildman–Crippen LogP) is 4.83. The SMILES string of the molecule is Cc1cc(C(C)(C)c2cc(C)c(OCCOCC3CO3)c(C)c2)cc(C)c1OCCOCC1CO1. The molecule has 0 saturated carbocycles. The lowest BCUT2D eigenvalue weighted by Crippen LogP contribution is -2.20. The molecule has 0 bridgehead atoms. The van der Waals surface area contributed by atoms with Gasteiger partial charge in [0.05, 0.1) is 39.6 Å². The molecule has 35 heavy (non-hydrogen) atoms. The third-order valence-corrected chi connectivity index (χ3v) is 6.72. The van der Waals surface area contributed by atoms with E-state index >= 15 is 0 Å². The van der Waals surface area contributed by atoms with Gasteiger partial charge in [-0.1, -0.05) is 38.1 Å². The van der Waals surface area contributed by atoms with E-state index in [2.05, 4.69) is 65.8 Å². The molecule has 0 N–H and O–H groups in total. The van der Waals surface area contributed by atoms with Crippen LogP contribution in [0.15, 0.2) is 24.3 Å². The molecule has 6 nitrogen and oxygen atoms in total. The minimum absolute atomic E-state index is 0.164. The third kappa shape index (κ3) is 6.98. The molecule has 0 radical (unpaired) electrons. The van der Waals surface area contributed by atoms with Crippen molar-refractivity contribution >= 4 is 0 Å². The second-order valence-electron chi connectivity index (χ2n) is 10.3. The van der Waals surface area contributed by atoms with Crippen molar-refractivity contribution in [3.05, 3.63) is 57.6 Å². The number of rotatable bonds is 14. The summed E-state index contributed by atoms with van der Waals surface area (Å²) in [6, 6.07) is 8.99. The van der Waals surface area contributed by atoms with Crippen molar-refractivity contribution in [1.82, 2.24) is 0 Å². The van der Waals surface area contributed by atoms with E-state index in [1.807, 2.05) is 0 Å². The fourth-order valence-electron chi connectivity index (χ4n) is 4.41. The van der Waals surface area contributed by atoms with Crippen molar-refractivity contribution in [3.8, 4) is 11.5 Å². The van der Waals surface area contributed by atoms with Gasteiger partial charge in [0.2, 0.25) is 0 Å². The fraction of sp³-hybridized carbons (Fsp3) is 0.586. The van der Waals surface area contributed by atoms with E-state index in [0.29, 0.717) is 39.6 Å². The molecule has 0 amide bonds. The number of hydrogen-bond donors (Lipinski definition) is 0. The van der Waals surface area contributed by atoms with Crippen LogP contribution < -0.4 is 9.47 Å². The van der Waals surface area contributed by atoms with Crippen molar-refractivity contribution in [1.29, 1.82) is 0 Å². The van der Waals surface area contributed by atoms with Crippen LogP contribution in [0, 0.1) is 27.7 Å². The Balaban J connectivity index is 1.39. The Morgan fingerprint density at radius 3 is 1.31 bits per heavy atom. The van der Waals surface area contributed by atoms with Gasteiger partial charge in [-0.2, -0.15) is 0 Å². The van der Waals surface area contributed by atoms with E-state index in [4.69, 9.17) is 28.4 Å². The molecule has 4 rings (SSSR count). The third-order valence-electron chi connectivity index (χ3n) is 6.72. The zero-order valence-corrected chi connectivity index (χ0v) is 22.1. The molecule has 2 heterocycles. The lowest BCUT2D eigenvalue weighted by molar-refractivity contribution is 0.0874. The molecule has 2 atom stereocenters. The van der Waals surface area contributed by atoms with Crippen LogP contribution in [0.2, 0.25) is 0 Å². The van der Waals surface area contributed by atoms with Gasteiger partial charge in [0.1, 0.15) is 36.9 Å². The minimum Gasteiger partial charge on any atom is -0.491 e. The lowest BCUT2D eigenvalue weighted by Gasteiger charge is -2.29. The summed E-state index contributed by atoms with van der Waals surface area (Å²) in [7, 11) is 0. The number of aryl methyl sites for hydroxylation is 4. The minimum atomic E-state index is -0.164. The first-order valence-electron chi connectivity index (χ1n) is 12.6. The van der Waals surface area contributed by atoms with Crippen molar-refractivity contribution < 1.29 is 28.4 Å². The van der Waals surface area contributed by atoms with Crippen molar-refractivity contribution in [2.24, 2.45) is 0 Å². The summed E-state index contributed by atoms with van der Waals surface area (Å²) >= 11 is 0. The summed E-state index contributed by atoms with van der Waals surface area (Å²) in [5.41, 5.74) is 6.94. The molecule has 2 aliphatic heterocycles. The number of hydrogen-bond acceptors (Lipinski definition) is 6. The molecular formula is C29H40O6. The van der Waals surface area contributed by atoms with Gasteiger partial charge in [-0.05, 0) is 61.1 Å². The zero-order valence-electron chi connectivity index (χ0n) is 22.1. The van der Waals surface area contributed by atoms with Crippen LogP contribution in [0.1, 0.15) is 47.2 Å². The highest BCUT2D eigenvalue weighted by Crippen LogP contribution is 2.38. The topological polar surface area (TPSA) is 62.0 Å². The summed E-state index contributed by atoms with van der Waals surface area (Å²) in [5, 5.41) is 0. The standard InChI is InChI=1S/C29H40O6/c1-19-11-23(12-20(2)27(19)32-9-7-30-15-25-17-34-25)29(5,6)24-13-21(3)28(22(4)14-24)33-10-8-31-16-26-18-35-26/h11-14,25-26H,7-10,15-18H2,1-6H3. The summed E-state index contributed by atoms with van der Waals surface area (Å²) in [5.74, 6) is 1.89. The van der Waals surface area contributed by atoms with Gasteiger partial charge in [0.15, 0.2) is 0 Å². The smallest absolute Gasteiger partial charge is 0.125 e. The van der Waals surface area contributed by atoms with Crippen LogP contribution in [0.4, 0.5) is 0 Å². The first kappa shape index (κ1) is 26.0. The molecule has 2 aromatic rings. The Morgan fingerprint density at radius 1 is 0.657 bits per heavy atom. The van der Waals surface area contributed by atoms with E-state index < -0.39 is 0 Å². The Hall–Kier alpha value is -2.12. The number of ether oxygens (including phenoxy) is 6. The van der Waals surface area contributed by atoms with Crippen molar-refractivity contribution in [2.45, 2.75) is 59.2 Å². The van der Waals surface area contributed by atoms with Crippen LogP contribution in [0.3, 0.4) is 0 Å². The maximum absolute atomic E-state index is 6.07. The van der Waals surface area contributed by atoms with Crippen LogP contribution in [-0.4, -0.2) is 65.1 Å². The molecule has 2 fully saturated rings. The second kappa shape index (κ2) is 11.3. The largest absolute Gasteiger partial charge is 0.491 e. The first-order valence-corrected chi connectivity index (χ1v) is 12.6. The average molecular weight is 485 g/mol. The van der Waals surface area contributed by atoms with Gasteiger partial charge < -0.3 is 28.4 Å². The summed E-state index contributed by atoms with van der Waals surface area (Å²) < 4.78 is 33.7. The molecule has 0 aromatic heterocycles. The van der Waals surface area contributed by atoms with E-state index in [-0.39, 0.29) is 17.6 Å². The summed E-state index contributed by atoms with van der Waals surface area (Å²) in [4.78, 5) is 0. The molecule has 2 unspecified atom stereocenters. The summed E-state index contributed by atoms with van der Waals surface area (Å²) in [6.45, 7) is 18.2. The number of epoxide rings is 2. The molecule has 0 aliphatic carbocycles. The maximum atomic E-state index is 6.07. The molecule has 192 valence electrons. The van der Waals surface area contributed by atoms with Crippen LogP contribution >= 0.6 is 0 Å². The predicted molar refractivity (Wildman–Crippen MR) is 136 cm³/mol. The highest BCUT2D eigenvalue weighted by Gasteiger charge is 2.27. The Morgan fingerprint density at radius 2 is 1.00 bits per heavy atom. The molecule has 2 aromatic carbocycles. The van der Waals surface area contributed by atoms with Crippen LogP contribution in [0.25, 0.3) is 0 Å². The Kier molecular flexibility index (Phi) is 8.38. The van der Waals surface area contributed by atoms with Gasteiger partial charge in [-0.25, -0.2) is 0 Å². The Labute approximate surface area is 209 Å². The van der Waals surface area contributed by atoms with E-state index in [1.165, 1.54) is 11.1 Å². The summed E-state index contributed by atoms with van der Waals surface area (Å²) in [6.07, 6.45) is 0.573. The second-order valence-corrected chi connectivity index (χ2v) is 10.3.